The first-order valence-electron chi connectivity index (χ1n) is 10.6. The van der Waals surface area contributed by atoms with Crippen LogP contribution >= 0.6 is 15.9 Å². The van der Waals surface area contributed by atoms with Gasteiger partial charge in [0.25, 0.3) is 5.91 Å². The van der Waals surface area contributed by atoms with Gasteiger partial charge in [-0.2, -0.15) is 0 Å². The number of imide groups is 1. The lowest BCUT2D eigenvalue weighted by Gasteiger charge is -2.14. The minimum Gasteiger partial charge on any atom is -0.490 e. The number of urea groups is 1. The van der Waals surface area contributed by atoms with E-state index in [-0.39, 0.29) is 18.1 Å². The zero-order valence-electron chi connectivity index (χ0n) is 19.3. The molecule has 2 N–H and O–H groups in total. The predicted molar refractivity (Wildman–Crippen MR) is 131 cm³/mol. The van der Waals surface area contributed by atoms with Crippen molar-refractivity contribution in [1.29, 1.82) is 0 Å². The fourth-order valence-corrected chi connectivity index (χ4v) is 3.79. The molecule has 3 rings (SSSR count). The molecule has 0 atom stereocenters. The van der Waals surface area contributed by atoms with Crippen LogP contribution in [0.25, 0.3) is 6.08 Å². The Morgan fingerprint density at radius 2 is 1.94 bits per heavy atom. The number of rotatable bonds is 9. The van der Waals surface area contributed by atoms with Crippen LogP contribution in [0.3, 0.4) is 0 Å². The molecule has 1 heterocycles. The molecular formula is C24H24BrN3O7. The van der Waals surface area contributed by atoms with Gasteiger partial charge < -0.3 is 24.8 Å². The highest BCUT2D eigenvalue weighted by molar-refractivity contribution is 9.10. The first kappa shape index (κ1) is 25.8. The maximum absolute atomic E-state index is 12.8. The first-order chi connectivity index (χ1) is 16.7. The molecule has 0 radical (unpaired) electrons. The molecule has 1 aliphatic heterocycles. The van der Waals surface area contributed by atoms with Crippen molar-refractivity contribution in [3.05, 3.63) is 57.7 Å². The predicted octanol–water partition coefficient (Wildman–Crippen LogP) is 3.24. The summed E-state index contributed by atoms with van der Waals surface area (Å²) >= 11 is 3.38. The van der Waals surface area contributed by atoms with Crippen LogP contribution in [-0.2, 0) is 19.1 Å². The van der Waals surface area contributed by atoms with Crippen LogP contribution in [0.1, 0.15) is 18.1 Å². The van der Waals surface area contributed by atoms with Crippen molar-refractivity contribution in [2.45, 2.75) is 13.8 Å². The van der Waals surface area contributed by atoms with Gasteiger partial charge in [-0.25, -0.2) is 14.5 Å². The summed E-state index contributed by atoms with van der Waals surface area (Å²) < 4.78 is 16.1. The minimum atomic E-state index is -0.706. The summed E-state index contributed by atoms with van der Waals surface area (Å²) in [6, 6.07) is 9.70. The summed E-state index contributed by atoms with van der Waals surface area (Å²) in [6.45, 7) is 3.23. The Kier molecular flexibility index (Phi) is 8.48. The summed E-state index contributed by atoms with van der Waals surface area (Å²) in [5.41, 5.74) is 2.04. The van der Waals surface area contributed by atoms with Gasteiger partial charge in [-0.1, -0.05) is 12.1 Å². The number of carbonyl (C=O) groups is 4. The third-order valence-electron chi connectivity index (χ3n) is 4.77. The van der Waals surface area contributed by atoms with Gasteiger partial charge in [-0.15, -0.1) is 0 Å². The fraction of sp³-hybridized carbons (Fsp3) is 0.250. The van der Waals surface area contributed by atoms with Gasteiger partial charge in [0.1, 0.15) is 12.2 Å². The average molecular weight is 546 g/mol. The van der Waals surface area contributed by atoms with E-state index in [2.05, 4.69) is 31.3 Å². The normalized spacial score (nSPS) is 14.1. The maximum atomic E-state index is 12.8. The minimum absolute atomic E-state index is 0.00377. The van der Waals surface area contributed by atoms with E-state index in [9.17, 15) is 19.2 Å². The van der Waals surface area contributed by atoms with E-state index in [1.54, 1.807) is 37.3 Å². The number of methoxy groups -OCH3 is 1. The zero-order valence-corrected chi connectivity index (χ0v) is 20.9. The highest BCUT2D eigenvalue weighted by atomic mass is 79.9. The Bertz CT molecular complexity index is 1200. The molecule has 11 heteroatoms. The molecule has 4 amide bonds. The van der Waals surface area contributed by atoms with E-state index in [0.29, 0.717) is 28.1 Å². The van der Waals surface area contributed by atoms with Gasteiger partial charge in [0.05, 0.1) is 18.2 Å². The van der Waals surface area contributed by atoms with Crippen LogP contribution in [0, 0.1) is 6.92 Å². The Hall–Kier alpha value is -3.86. The quantitative estimate of drug-likeness (QED) is 0.281. The summed E-state index contributed by atoms with van der Waals surface area (Å²) in [4.78, 5) is 49.8. The number of ether oxygens (including phenoxy) is 3. The number of benzene rings is 2. The molecule has 35 heavy (non-hydrogen) atoms. The molecule has 10 nitrogen and oxygen atoms in total. The lowest BCUT2D eigenvalue weighted by Crippen LogP contribution is -2.38. The van der Waals surface area contributed by atoms with Crippen LogP contribution in [0.15, 0.2) is 46.6 Å². The monoisotopic (exact) mass is 545 g/mol. The highest BCUT2D eigenvalue weighted by Crippen LogP contribution is 2.37. The molecule has 184 valence electrons. The summed E-state index contributed by atoms with van der Waals surface area (Å²) in [6.07, 6.45) is 1.45. The number of aryl methyl sites for hydroxylation is 1. The second-order valence-electron chi connectivity index (χ2n) is 7.42. The topological polar surface area (TPSA) is 123 Å². The average Bonchev–Trinajstić information content (AvgIpc) is 3.05. The smallest absolute Gasteiger partial charge is 0.343 e. The Balaban J connectivity index is 1.76. The molecule has 1 fully saturated rings. The van der Waals surface area contributed by atoms with Crippen LogP contribution in [0.4, 0.5) is 10.5 Å². The SMILES string of the molecule is CCOc1cc(/C=C2/NC(=O)N(CC(=O)Nc3cccc(C)c3)C2=O)cc(Br)c1OCC(=O)OC. The van der Waals surface area contributed by atoms with Gasteiger partial charge in [0, 0.05) is 5.69 Å². The van der Waals surface area contributed by atoms with Crippen molar-refractivity contribution < 1.29 is 33.4 Å². The summed E-state index contributed by atoms with van der Waals surface area (Å²) in [5.74, 6) is -1.10. The van der Waals surface area contributed by atoms with E-state index < -0.39 is 30.4 Å². The van der Waals surface area contributed by atoms with E-state index in [1.807, 2.05) is 13.0 Å². The first-order valence-corrected chi connectivity index (χ1v) is 11.4. The van der Waals surface area contributed by atoms with Gasteiger partial charge in [-0.05, 0) is 71.2 Å². The number of esters is 1. The van der Waals surface area contributed by atoms with Crippen molar-refractivity contribution in [1.82, 2.24) is 10.2 Å². The number of halogens is 1. The standard InChI is InChI=1S/C24H24BrN3O7/c1-4-34-19-11-15(9-17(25)22(19)35-13-21(30)33-3)10-18-23(31)28(24(32)27-18)12-20(29)26-16-7-5-6-14(2)8-16/h5-11H,4,12-13H2,1-3H3,(H,26,29)(H,27,32)/b18-10+. The van der Waals surface area contributed by atoms with Crippen molar-refractivity contribution in [2.24, 2.45) is 0 Å². The largest absolute Gasteiger partial charge is 0.490 e. The number of anilines is 1. The van der Waals surface area contributed by atoms with E-state index in [4.69, 9.17) is 9.47 Å². The number of nitrogens with zero attached hydrogens (tertiary/aromatic N) is 1. The van der Waals surface area contributed by atoms with Gasteiger partial charge >= 0.3 is 12.0 Å². The number of nitrogens with one attached hydrogen (secondary N) is 2. The molecule has 1 saturated heterocycles. The number of hydrogen-bond acceptors (Lipinski definition) is 7. The lowest BCUT2D eigenvalue weighted by atomic mass is 10.1. The molecule has 0 spiro atoms. The van der Waals surface area contributed by atoms with Crippen LogP contribution < -0.4 is 20.1 Å². The second-order valence-corrected chi connectivity index (χ2v) is 8.28. The number of carbonyl (C=O) groups excluding carboxylic acids is 4. The Morgan fingerprint density at radius 1 is 1.17 bits per heavy atom. The molecule has 2 aromatic carbocycles. The lowest BCUT2D eigenvalue weighted by molar-refractivity contribution is -0.143. The van der Waals surface area contributed by atoms with Crippen molar-refractivity contribution in [3.8, 4) is 11.5 Å². The fourth-order valence-electron chi connectivity index (χ4n) is 3.21. The summed E-state index contributed by atoms with van der Waals surface area (Å²) in [7, 11) is 1.25. The van der Waals surface area contributed by atoms with Crippen LogP contribution in [0.2, 0.25) is 0 Å². The van der Waals surface area contributed by atoms with Crippen molar-refractivity contribution in [3.63, 3.8) is 0 Å². The van der Waals surface area contributed by atoms with Crippen molar-refractivity contribution >= 4 is 51.5 Å². The Labute approximate surface area is 210 Å². The molecule has 1 aliphatic rings. The molecule has 0 saturated carbocycles. The molecule has 2 aromatic rings. The van der Waals surface area contributed by atoms with Crippen LogP contribution in [0.5, 0.6) is 11.5 Å². The number of hydrogen-bond donors (Lipinski definition) is 2. The maximum Gasteiger partial charge on any atom is 0.343 e. The van der Waals surface area contributed by atoms with Gasteiger partial charge in [-0.3, -0.25) is 9.59 Å². The molecule has 0 aromatic heterocycles. The van der Waals surface area contributed by atoms with Crippen molar-refractivity contribution in [2.75, 3.05) is 32.2 Å². The third kappa shape index (κ3) is 6.60. The van der Waals surface area contributed by atoms with Gasteiger partial charge in [0.15, 0.2) is 18.1 Å². The highest BCUT2D eigenvalue weighted by Gasteiger charge is 2.35. The van der Waals surface area contributed by atoms with E-state index >= 15 is 0 Å². The van der Waals surface area contributed by atoms with Crippen LogP contribution in [-0.4, -0.2) is 55.6 Å². The number of amides is 4. The van der Waals surface area contributed by atoms with E-state index in [1.165, 1.54) is 13.2 Å². The summed E-state index contributed by atoms with van der Waals surface area (Å²) in [5, 5.41) is 5.16. The zero-order chi connectivity index (χ0) is 25.5. The third-order valence-corrected chi connectivity index (χ3v) is 5.36. The second kappa shape index (κ2) is 11.5. The van der Waals surface area contributed by atoms with E-state index in [0.717, 1.165) is 10.5 Å². The van der Waals surface area contributed by atoms with Gasteiger partial charge in [0.2, 0.25) is 5.91 Å². The molecule has 0 unspecified atom stereocenters. The molecular weight excluding hydrogens is 522 g/mol. The molecule has 0 bridgehead atoms. The Morgan fingerprint density at radius 3 is 2.63 bits per heavy atom. The molecule has 0 aliphatic carbocycles.